The maximum Gasteiger partial charge on any atom is 0.232 e. The Labute approximate surface area is 143 Å². The Balaban J connectivity index is 1.86. The molecule has 2 atom stereocenters. The van der Waals surface area contributed by atoms with Crippen molar-refractivity contribution in [1.29, 1.82) is 0 Å². The maximum absolute atomic E-state index is 13.6. The van der Waals surface area contributed by atoms with Crippen molar-refractivity contribution in [2.45, 2.75) is 26.3 Å². The normalized spacial score (nSPS) is 20.5. The number of anilines is 1. The molecule has 0 unspecified atom stereocenters. The van der Waals surface area contributed by atoms with Crippen molar-refractivity contribution in [1.82, 2.24) is 9.88 Å². The van der Waals surface area contributed by atoms with Crippen LogP contribution in [-0.2, 0) is 9.59 Å². The zero-order chi connectivity index (χ0) is 17.4. The van der Waals surface area contributed by atoms with Gasteiger partial charge in [0.25, 0.3) is 0 Å². The van der Waals surface area contributed by atoms with Crippen molar-refractivity contribution < 1.29 is 14.0 Å². The van der Waals surface area contributed by atoms with Gasteiger partial charge in [0, 0.05) is 18.3 Å². The number of likely N-dealkylation sites (tertiary alicyclic amines) is 1. The van der Waals surface area contributed by atoms with Gasteiger partial charge >= 0.3 is 0 Å². The topological polar surface area (TPSA) is 62.3 Å². The molecule has 0 bridgehead atoms. The number of benzene rings is 1. The molecule has 1 fully saturated rings. The molecule has 1 N–H and O–H groups in total. The molecule has 2 aromatic rings. The van der Waals surface area contributed by atoms with Gasteiger partial charge in [-0.3, -0.25) is 9.59 Å². The highest BCUT2D eigenvalue weighted by atomic mass is 32.1. The summed E-state index contributed by atoms with van der Waals surface area (Å²) in [6.07, 6.45) is 0.104. The Hall–Kier alpha value is -2.28. The number of carbonyl (C=O) groups excluding carboxylic acids is 2. The highest BCUT2D eigenvalue weighted by molar-refractivity contribution is 7.15. The monoisotopic (exact) mass is 347 g/mol. The van der Waals surface area contributed by atoms with Gasteiger partial charge in [0.05, 0.1) is 17.7 Å². The van der Waals surface area contributed by atoms with Gasteiger partial charge in [-0.1, -0.05) is 12.1 Å². The first-order chi connectivity index (χ1) is 11.4. The lowest BCUT2D eigenvalue weighted by Crippen LogP contribution is -2.30. The highest BCUT2D eigenvalue weighted by Crippen LogP contribution is 2.38. The minimum atomic E-state index is -0.575. The SMILES string of the molecule is Cc1nc(NC(=O)[C@@H]2CC(=O)N(C)[C@@H]2c2cccc(F)c2)sc1C. The van der Waals surface area contributed by atoms with Gasteiger partial charge in [0.15, 0.2) is 5.13 Å². The van der Waals surface area contributed by atoms with Crippen molar-refractivity contribution >= 4 is 28.3 Å². The summed E-state index contributed by atoms with van der Waals surface area (Å²) >= 11 is 1.40. The number of hydrogen-bond acceptors (Lipinski definition) is 4. The highest BCUT2D eigenvalue weighted by Gasteiger charge is 2.43. The first-order valence-corrected chi connectivity index (χ1v) is 8.44. The summed E-state index contributed by atoms with van der Waals surface area (Å²) in [6.45, 7) is 3.81. The van der Waals surface area contributed by atoms with E-state index in [4.69, 9.17) is 0 Å². The molecule has 2 heterocycles. The van der Waals surface area contributed by atoms with E-state index in [1.54, 1.807) is 19.2 Å². The lowest BCUT2D eigenvalue weighted by Gasteiger charge is -2.24. The second kappa shape index (κ2) is 6.32. The van der Waals surface area contributed by atoms with E-state index in [1.165, 1.54) is 28.4 Å². The van der Waals surface area contributed by atoms with E-state index in [1.807, 2.05) is 13.8 Å². The molecule has 3 rings (SSSR count). The molecule has 1 aromatic carbocycles. The van der Waals surface area contributed by atoms with Gasteiger partial charge in [-0.05, 0) is 31.5 Å². The molecule has 1 aromatic heterocycles. The fourth-order valence-corrected chi connectivity index (χ4v) is 3.79. The number of thiazole rings is 1. The van der Waals surface area contributed by atoms with Gasteiger partial charge in [-0.25, -0.2) is 9.37 Å². The second-order valence-corrected chi connectivity index (χ2v) is 7.17. The van der Waals surface area contributed by atoms with Gasteiger partial charge in [-0.2, -0.15) is 0 Å². The number of amides is 2. The molecule has 7 heteroatoms. The van der Waals surface area contributed by atoms with Crippen LogP contribution in [0.2, 0.25) is 0 Å². The lowest BCUT2D eigenvalue weighted by molar-refractivity contribution is -0.128. The van der Waals surface area contributed by atoms with E-state index in [2.05, 4.69) is 10.3 Å². The van der Waals surface area contributed by atoms with E-state index in [-0.39, 0.29) is 24.1 Å². The number of nitrogens with one attached hydrogen (secondary N) is 1. The largest absolute Gasteiger partial charge is 0.338 e. The van der Waals surface area contributed by atoms with Crippen LogP contribution in [0.15, 0.2) is 24.3 Å². The smallest absolute Gasteiger partial charge is 0.232 e. The fraction of sp³-hybridized carbons (Fsp3) is 0.353. The minimum absolute atomic E-state index is 0.104. The minimum Gasteiger partial charge on any atom is -0.338 e. The van der Waals surface area contributed by atoms with Gasteiger partial charge in [-0.15, -0.1) is 11.3 Å². The van der Waals surface area contributed by atoms with Crippen LogP contribution in [0.5, 0.6) is 0 Å². The Morgan fingerprint density at radius 2 is 2.17 bits per heavy atom. The van der Waals surface area contributed by atoms with Crippen molar-refractivity contribution in [2.24, 2.45) is 5.92 Å². The molecule has 0 aliphatic carbocycles. The molecule has 24 heavy (non-hydrogen) atoms. The number of hydrogen-bond donors (Lipinski definition) is 1. The molecular formula is C17H18FN3O2S. The number of halogens is 1. The summed E-state index contributed by atoms with van der Waals surface area (Å²) in [4.78, 5) is 31.6. The van der Waals surface area contributed by atoms with Crippen LogP contribution in [0.4, 0.5) is 9.52 Å². The van der Waals surface area contributed by atoms with E-state index < -0.39 is 12.0 Å². The summed E-state index contributed by atoms with van der Waals surface area (Å²) in [5.74, 6) is -1.36. The van der Waals surface area contributed by atoms with E-state index in [0.29, 0.717) is 10.7 Å². The van der Waals surface area contributed by atoms with Crippen molar-refractivity contribution in [3.05, 3.63) is 46.2 Å². The molecule has 2 amide bonds. The van der Waals surface area contributed by atoms with Gasteiger partial charge in [0.1, 0.15) is 5.82 Å². The van der Waals surface area contributed by atoms with E-state index in [9.17, 15) is 14.0 Å². The molecule has 1 saturated heterocycles. The molecular weight excluding hydrogens is 329 g/mol. The van der Waals surface area contributed by atoms with Crippen LogP contribution < -0.4 is 5.32 Å². The molecule has 1 aliphatic rings. The molecule has 0 saturated carbocycles. The van der Waals surface area contributed by atoms with Gasteiger partial charge < -0.3 is 10.2 Å². The first-order valence-electron chi connectivity index (χ1n) is 7.63. The van der Waals surface area contributed by atoms with Crippen LogP contribution in [0.1, 0.15) is 28.6 Å². The Morgan fingerprint density at radius 1 is 1.42 bits per heavy atom. The quantitative estimate of drug-likeness (QED) is 0.928. The average molecular weight is 347 g/mol. The Bertz CT molecular complexity index is 785. The molecule has 5 nitrogen and oxygen atoms in total. The summed E-state index contributed by atoms with van der Waals surface area (Å²) < 4.78 is 13.6. The standard InChI is InChI=1S/C17H18FN3O2S/c1-9-10(2)24-17(19-9)20-16(23)13-8-14(22)21(3)15(13)11-5-4-6-12(18)7-11/h4-7,13,15H,8H2,1-3H3,(H,19,20,23)/t13-,15-/m1/s1. The summed E-state index contributed by atoms with van der Waals surface area (Å²) in [5, 5.41) is 3.32. The van der Waals surface area contributed by atoms with Crippen LogP contribution >= 0.6 is 11.3 Å². The maximum atomic E-state index is 13.6. The third-order valence-electron chi connectivity index (χ3n) is 4.37. The van der Waals surface area contributed by atoms with Crippen LogP contribution in [0.3, 0.4) is 0 Å². The number of nitrogens with zero attached hydrogens (tertiary/aromatic N) is 2. The predicted octanol–water partition coefficient (Wildman–Crippen LogP) is 3.06. The van der Waals surface area contributed by atoms with Crippen molar-refractivity contribution in [3.63, 3.8) is 0 Å². The first kappa shape index (κ1) is 16.6. The van der Waals surface area contributed by atoms with Crippen LogP contribution in [-0.4, -0.2) is 28.7 Å². The van der Waals surface area contributed by atoms with Crippen LogP contribution in [0, 0.1) is 25.6 Å². The van der Waals surface area contributed by atoms with Gasteiger partial charge in [0.2, 0.25) is 11.8 Å². The zero-order valence-electron chi connectivity index (χ0n) is 13.7. The average Bonchev–Trinajstić information content (AvgIpc) is 2.99. The van der Waals surface area contributed by atoms with Crippen molar-refractivity contribution in [2.75, 3.05) is 12.4 Å². The predicted molar refractivity (Wildman–Crippen MR) is 90.2 cm³/mol. The van der Waals surface area contributed by atoms with Crippen LogP contribution in [0.25, 0.3) is 0 Å². The summed E-state index contributed by atoms with van der Waals surface area (Å²) in [5.41, 5.74) is 1.49. The fourth-order valence-electron chi connectivity index (χ4n) is 2.98. The Morgan fingerprint density at radius 3 is 2.79 bits per heavy atom. The molecule has 126 valence electrons. The molecule has 0 radical (unpaired) electrons. The zero-order valence-corrected chi connectivity index (χ0v) is 14.5. The Kier molecular flexibility index (Phi) is 4.36. The third kappa shape index (κ3) is 3.03. The second-order valence-electron chi connectivity index (χ2n) is 5.96. The van der Waals surface area contributed by atoms with E-state index >= 15 is 0 Å². The number of carbonyl (C=O) groups is 2. The van der Waals surface area contributed by atoms with E-state index in [0.717, 1.165) is 10.6 Å². The molecule has 0 spiro atoms. The number of rotatable bonds is 3. The molecule has 1 aliphatic heterocycles. The summed E-state index contributed by atoms with van der Waals surface area (Å²) in [7, 11) is 1.64. The summed E-state index contributed by atoms with van der Waals surface area (Å²) in [6, 6.07) is 5.56. The number of aryl methyl sites for hydroxylation is 2. The number of aromatic nitrogens is 1. The lowest BCUT2D eigenvalue weighted by atomic mass is 9.93. The van der Waals surface area contributed by atoms with Crippen molar-refractivity contribution in [3.8, 4) is 0 Å². The third-order valence-corrected chi connectivity index (χ3v) is 5.36.